The summed E-state index contributed by atoms with van der Waals surface area (Å²) >= 11 is 0. The van der Waals surface area contributed by atoms with E-state index in [0.29, 0.717) is 11.8 Å². The summed E-state index contributed by atoms with van der Waals surface area (Å²) in [6.45, 7) is 12.0. The maximum absolute atomic E-state index is 9.41. The molecule has 2 nitrogen and oxygen atoms in total. The van der Waals surface area contributed by atoms with Gasteiger partial charge in [-0.15, -0.1) is 0 Å². The maximum Gasteiger partial charge on any atom is 0.0836 e. The van der Waals surface area contributed by atoms with Crippen molar-refractivity contribution < 1.29 is 9.84 Å². The minimum absolute atomic E-state index is 0.0266. The van der Waals surface area contributed by atoms with Crippen molar-refractivity contribution in [1.29, 1.82) is 0 Å². The highest BCUT2D eigenvalue weighted by atomic mass is 16.5. The van der Waals surface area contributed by atoms with Crippen LogP contribution in [0.1, 0.15) is 53.9 Å². The number of hydrogen-bond acceptors (Lipinski definition) is 2. The molecule has 0 aromatic carbocycles. The average Bonchev–Trinajstić information content (AvgIpc) is 2.21. The monoisotopic (exact) mass is 230 g/mol. The van der Waals surface area contributed by atoms with E-state index in [4.69, 9.17) is 4.74 Å². The minimum Gasteiger partial charge on any atom is -0.394 e. The van der Waals surface area contributed by atoms with Crippen molar-refractivity contribution in [3.63, 3.8) is 0 Å². The van der Waals surface area contributed by atoms with E-state index < -0.39 is 0 Å². The van der Waals surface area contributed by atoms with Gasteiger partial charge in [0, 0.05) is 6.61 Å². The molecule has 98 valence electrons. The Bertz CT molecular complexity index is 155. The van der Waals surface area contributed by atoms with Crippen molar-refractivity contribution in [2.75, 3.05) is 13.2 Å². The lowest BCUT2D eigenvalue weighted by Crippen LogP contribution is -2.32. The summed E-state index contributed by atoms with van der Waals surface area (Å²) in [5.74, 6) is 1.79. The summed E-state index contributed by atoms with van der Waals surface area (Å²) in [6, 6.07) is 0. The third-order valence-corrected chi connectivity index (χ3v) is 3.13. The summed E-state index contributed by atoms with van der Waals surface area (Å²) in [5.41, 5.74) is 0. The Hall–Kier alpha value is -0.0800. The summed E-state index contributed by atoms with van der Waals surface area (Å²) in [7, 11) is 0. The Morgan fingerprint density at radius 3 is 2.06 bits per heavy atom. The van der Waals surface area contributed by atoms with Crippen LogP contribution in [0.5, 0.6) is 0 Å². The summed E-state index contributed by atoms with van der Waals surface area (Å²) in [5, 5.41) is 9.41. The quantitative estimate of drug-likeness (QED) is 0.657. The second-order valence-corrected chi connectivity index (χ2v) is 5.47. The van der Waals surface area contributed by atoms with Crippen LogP contribution >= 0.6 is 0 Å². The highest BCUT2D eigenvalue weighted by molar-refractivity contribution is 4.73. The Labute approximate surface area is 101 Å². The summed E-state index contributed by atoms with van der Waals surface area (Å²) in [4.78, 5) is 0. The second-order valence-electron chi connectivity index (χ2n) is 5.47. The highest BCUT2D eigenvalue weighted by Gasteiger charge is 2.24. The molecule has 0 aromatic heterocycles. The van der Waals surface area contributed by atoms with Crippen molar-refractivity contribution in [2.24, 2.45) is 17.8 Å². The standard InChI is InChI=1S/C14H30O2/c1-6-9-16-14(10-15)13(12(4)5)8-7-11(2)3/h11-15H,6-10H2,1-5H3/t13-,14-/m0/s1. The highest BCUT2D eigenvalue weighted by Crippen LogP contribution is 2.25. The van der Waals surface area contributed by atoms with Gasteiger partial charge in [-0.05, 0) is 30.6 Å². The van der Waals surface area contributed by atoms with Crippen LogP contribution in [0.25, 0.3) is 0 Å². The largest absolute Gasteiger partial charge is 0.394 e. The normalized spacial score (nSPS) is 15.8. The predicted octanol–water partition coefficient (Wildman–Crippen LogP) is 3.48. The molecule has 0 aliphatic heterocycles. The first kappa shape index (κ1) is 15.9. The molecule has 0 fully saturated rings. The molecule has 2 heteroatoms. The van der Waals surface area contributed by atoms with Crippen molar-refractivity contribution in [2.45, 2.75) is 60.0 Å². The molecule has 0 spiro atoms. The SMILES string of the molecule is CCCO[C@@H](CO)[C@@H](CCC(C)C)C(C)C. The van der Waals surface area contributed by atoms with E-state index in [1.165, 1.54) is 6.42 Å². The smallest absolute Gasteiger partial charge is 0.0836 e. The fourth-order valence-corrected chi connectivity index (χ4v) is 2.06. The number of aliphatic hydroxyl groups excluding tert-OH is 1. The van der Waals surface area contributed by atoms with Gasteiger partial charge in [-0.1, -0.05) is 41.0 Å². The van der Waals surface area contributed by atoms with Gasteiger partial charge in [0.15, 0.2) is 0 Å². The first-order valence-corrected chi connectivity index (χ1v) is 6.75. The molecule has 0 radical (unpaired) electrons. The van der Waals surface area contributed by atoms with Crippen molar-refractivity contribution in [3.05, 3.63) is 0 Å². The van der Waals surface area contributed by atoms with E-state index in [-0.39, 0.29) is 12.7 Å². The van der Waals surface area contributed by atoms with Crippen LogP contribution in [-0.4, -0.2) is 24.4 Å². The van der Waals surface area contributed by atoms with Crippen LogP contribution in [0.4, 0.5) is 0 Å². The molecule has 1 N–H and O–H groups in total. The molecule has 0 unspecified atom stereocenters. The van der Waals surface area contributed by atoms with Crippen molar-refractivity contribution >= 4 is 0 Å². The molecule has 0 saturated heterocycles. The van der Waals surface area contributed by atoms with Gasteiger partial charge in [0.2, 0.25) is 0 Å². The van der Waals surface area contributed by atoms with Gasteiger partial charge < -0.3 is 9.84 Å². The predicted molar refractivity (Wildman–Crippen MR) is 69.5 cm³/mol. The first-order chi connectivity index (χ1) is 7.52. The third kappa shape index (κ3) is 6.49. The van der Waals surface area contributed by atoms with Gasteiger partial charge in [-0.25, -0.2) is 0 Å². The lowest BCUT2D eigenvalue weighted by molar-refractivity contribution is -0.0389. The van der Waals surface area contributed by atoms with Crippen LogP contribution in [0.2, 0.25) is 0 Å². The molecular weight excluding hydrogens is 200 g/mol. The van der Waals surface area contributed by atoms with Gasteiger partial charge in [0.1, 0.15) is 0 Å². The second kappa shape index (κ2) is 9.00. The fraction of sp³-hybridized carbons (Fsp3) is 1.00. The van der Waals surface area contributed by atoms with Crippen molar-refractivity contribution in [1.82, 2.24) is 0 Å². The van der Waals surface area contributed by atoms with Gasteiger partial charge >= 0.3 is 0 Å². The fourth-order valence-electron chi connectivity index (χ4n) is 2.06. The molecule has 0 rings (SSSR count). The van der Waals surface area contributed by atoms with Gasteiger partial charge in [0.25, 0.3) is 0 Å². The summed E-state index contributed by atoms with van der Waals surface area (Å²) < 4.78 is 5.75. The molecule has 0 aliphatic rings. The maximum atomic E-state index is 9.41. The molecule has 0 aromatic rings. The van der Waals surface area contributed by atoms with Crippen LogP contribution in [0, 0.1) is 17.8 Å². The molecule has 16 heavy (non-hydrogen) atoms. The van der Waals surface area contributed by atoms with E-state index in [2.05, 4.69) is 34.6 Å². The topological polar surface area (TPSA) is 29.5 Å². The van der Waals surface area contributed by atoms with Crippen LogP contribution in [0.3, 0.4) is 0 Å². The molecule has 0 heterocycles. The van der Waals surface area contributed by atoms with Crippen molar-refractivity contribution in [3.8, 4) is 0 Å². The number of hydrogen-bond donors (Lipinski definition) is 1. The molecule has 0 bridgehead atoms. The zero-order valence-corrected chi connectivity index (χ0v) is 11.7. The Morgan fingerprint density at radius 2 is 1.69 bits per heavy atom. The first-order valence-electron chi connectivity index (χ1n) is 6.75. The third-order valence-electron chi connectivity index (χ3n) is 3.13. The van der Waals surface area contributed by atoms with Crippen LogP contribution in [0.15, 0.2) is 0 Å². The number of rotatable bonds is 9. The molecule has 0 saturated carbocycles. The van der Waals surface area contributed by atoms with E-state index >= 15 is 0 Å². The zero-order valence-electron chi connectivity index (χ0n) is 11.7. The van der Waals surface area contributed by atoms with E-state index in [0.717, 1.165) is 25.4 Å². The van der Waals surface area contributed by atoms with Gasteiger partial charge in [-0.2, -0.15) is 0 Å². The van der Waals surface area contributed by atoms with Crippen LogP contribution < -0.4 is 0 Å². The minimum atomic E-state index is 0.0266. The number of aliphatic hydroxyl groups is 1. The van der Waals surface area contributed by atoms with E-state index in [1.54, 1.807) is 0 Å². The Morgan fingerprint density at radius 1 is 1.06 bits per heavy atom. The Balaban J connectivity index is 4.23. The molecular formula is C14H30O2. The zero-order chi connectivity index (χ0) is 12.6. The van der Waals surface area contributed by atoms with E-state index in [1.807, 2.05) is 0 Å². The Kier molecular flexibility index (Phi) is 8.96. The lowest BCUT2D eigenvalue weighted by Gasteiger charge is -2.29. The van der Waals surface area contributed by atoms with Crippen LogP contribution in [-0.2, 0) is 4.74 Å². The van der Waals surface area contributed by atoms with Gasteiger partial charge in [0.05, 0.1) is 12.7 Å². The average molecular weight is 230 g/mol. The molecule has 0 aliphatic carbocycles. The molecule has 2 atom stereocenters. The summed E-state index contributed by atoms with van der Waals surface area (Å²) in [6.07, 6.45) is 3.42. The van der Waals surface area contributed by atoms with E-state index in [9.17, 15) is 5.11 Å². The lowest BCUT2D eigenvalue weighted by atomic mass is 9.84. The van der Waals surface area contributed by atoms with Gasteiger partial charge in [-0.3, -0.25) is 0 Å². The number of ether oxygens (including phenoxy) is 1. The molecule has 0 amide bonds.